The van der Waals surface area contributed by atoms with E-state index >= 15 is 0 Å². The van der Waals surface area contributed by atoms with E-state index in [1.807, 2.05) is 12.1 Å². The Hall–Kier alpha value is 0.0113. The van der Waals surface area contributed by atoms with Gasteiger partial charge in [-0.2, -0.15) is 5.26 Å². The monoisotopic (exact) mass is 295 g/mol. The number of fused-ring (bicyclic) bond motifs is 3. The summed E-state index contributed by atoms with van der Waals surface area (Å²) in [6, 6.07) is 10.6. The molecule has 3 fully saturated rings. The van der Waals surface area contributed by atoms with Crippen LogP contribution in [-0.4, -0.2) is 54.2 Å². The SMILES string of the molecule is N#Cc1ccc(C23[Si][Si]C([Si][Si]2)[Si][Si]3)cc1. The van der Waals surface area contributed by atoms with E-state index in [9.17, 15) is 0 Å². The lowest BCUT2D eigenvalue weighted by Gasteiger charge is -2.44. The molecule has 2 bridgehead atoms. The Labute approximate surface area is 110 Å². The third-order valence-electron chi connectivity index (χ3n) is 2.66. The summed E-state index contributed by atoms with van der Waals surface area (Å²) in [5, 5.41) is 8.83. The second kappa shape index (κ2) is 4.36. The van der Waals surface area contributed by atoms with Crippen molar-refractivity contribution in [3.8, 4) is 6.07 Å². The van der Waals surface area contributed by atoms with Crippen LogP contribution in [-0.2, 0) is 4.28 Å². The highest BCUT2D eigenvalue weighted by molar-refractivity contribution is 7.41. The van der Waals surface area contributed by atoms with Crippen LogP contribution in [0.15, 0.2) is 24.3 Å². The lowest BCUT2D eigenvalue weighted by molar-refractivity contribution is 1.20. The van der Waals surface area contributed by atoms with Gasteiger partial charge in [-0.25, -0.2) is 0 Å². The van der Waals surface area contributed by atoms with Crippen LogP contribution in [0.5, 0.6) is 0 Å². The molecule has 0 atom stereocenters. The Morgan fingerprint density at radius 1 is 1.00 bits per heavy atom. The fraction of sp³-hybridized carbons (Fsp3) is 0.222. The summed E-state index contributed by atoms with van der Waals surface area (Å²) in [4.78, 5) is 1.13. The van der Waals surface area contributed by atoms with Crippen LogP contribution >= 0.6 is 0 Å². The number of hydrogen-bond donors (Lipinski definition) is 0. The summed E-state index contributed by atoms with van der Waals surface area (Å²) in [6.45, 7) is 0. The van der Waals surface area contributed by atoms with Gasteiger partial charge in [-0.3, -0.25) is 0 Å². The van der Waals surface area contributed by atoms with Crippen molar-refractivity contribution in [3.05, 3.63) is 35.4 Å². The zero-order valence-electron chi connectivity index (χ0n) is 8.33. The minimum absolute atomic E-state index is 0.581. The minimum Gasteiger partial charge on any atom is -0.192 e. The van der Waals surface area contributed by atoms with Crippen LogP contribution in [0.3, 0.4) is 0 Å². The van der Waals surface area contributed by atoms with Gasteiger partial charge in [-0.1, -0.05) is 22.5 Å². The Morgan fingerprint density at radius 2 is 1.56 bits per heavy atom. The van der Waals surface area contributed by atoms with E-state index in [-0.39, 0.29) is 0 Å². The predicted molar refractivity (Wildman–Crippen MR) is 71.1 cm³/mol. The molecule has 1 nitrogen and oxygen atoms in total. The average Bonchev–Trinajstić information content (AvgIpc) is 2.41. The van der Waals surface area contributed by atoms with Gasteiger partial charge in [0.2, 0.25) is 0 Å². The van der Waals surface area contributed by atoms with Gasteiger partial charge in [0.15, 0.2) is 0 Å². The van der Waals surface area contributed by atoms with Gasteiger partial charge in [-0.05, 0) is 16.4 Å². The van der Waals surface area contributed by atoms with Crippen molar-refractivity contribution in [2.45, 2.75) is 9.07 Å². The van der Waals surface area contributed by atoms with Gasteiger partial charge < -0.3 is 0 Å². The smallest absolute Gasteiger partial charge is 0.0991 e. The van der Waals surface area contributed by atoms with Crippen LogP contribution in [0.1, 0.15) is 11.1 Å². The zero-order chi connectivity index (χ0) is 11.0. The molecule has 0 saturated carbocycles. The molecule has 0 N–H and O–H groups in total. The summed E-state index contributed by atoms with van der Waals surface area (Å²) < 4.78 is 0.581. The van der Waals surface area contributed by atoms with Crippen molar-refractivity contribution in [2.75, 3.05) is 0 Å². The third-order valence-corrected chi connectivity index (χ3v) is 27.8. The summed E-state index contributed by atoms with van der Waals surface area (Å²) in [7, 11) is 7.23. The first-order chi connectivity index (χ1) is 7.82. The highest BCUT2D eigenvalue weighted by Gasteiger charge is 2.43. The predicted octanol–water partition coefficient (Wildman–Crippen LogP) is -0.631. The Bertz CT molecular complexity index is 417. The van der Waals surface area contributed by atoms with Crippen molar-refractivity contribution < 1.29 is 0 Å². The molecule has 0 aromatic heterocycles. The quantitative estimate of drug-likeness (QED) is 0.633. The van der Waals surface area contributed by atoms with Gasteiger partial charge in [0.25, 0.3) is 0 Å². The van der Waals surface area contributed by atoms with E-state index < -0.39 is 0 Å². The number of nitrogens with zero attached hydrogens (tertiary/aromatic N) is 1. The molecule has 12 radical (unpaired) electrons. The van der Waals surface area contributed by atoms with Crippen molar-refractivity contribution >= 4 is 54.2 Å². The van der Waals surface area contributed by atoms with Gasteiger partial charge in [0, 0.05) is 54.2 Å². The molecule has 4 rings (SSSR count). The van der Waals surface area contributed by atoms with Gasteiger partial charge in [-0.15, -0.1) is 0 Å². The second-order valence-electron chi connectivity index (χ2n) is 3.68. The summed E-state index contributed by atoms with van der Waals surface area (Å²) in [6.07, 6.45) is 0. The number of hydrogen-bond acceptors (Lipinski definition) is 1. The van der Waals surface area contributed by atoms with Crippen molar-refractivity contribution in [3.63, 3.8) is 0 Å². The second-order valence-corrected chi connectivity index (χ2v) is 17.4. The van der Waals surface area contributed by atoms with E-state index in [0.717, 1.165) is 10.4 Å². The summed E-state index contributed by atoms with van der Waals surface area (Å²) >= 11 is 0. The van der Waals surface area contributed by atoms with Crippen LogP contribution in [0.25, 0.3) is 0 Å². The molecule has 0 unspecified atom stereocenters. The molecule has 3 saturated heterocycles. The highest BCUT2D eigenvalue weighted by Crippen LogP contribution is 2.29. The minimum atomic E-state index is 0.581. The lowest BCUT2D eigenvalue weighted by atomic mass is 10.2. The number of benzene rings is 1. The van der Waals surface area contributed by atoms with Crippen LogP contribution in [0.2, 0.25) is 4.79 Å². The normalized spacial score (nSPS) is 32.3. The Kier molecular flexibility index (Phi) is 3.03. The van der Waals surface area contributed by atoms with Gasteiger partial charge in [0.1, 0.15) is 0 Å². The Morgan fingerprint density at radius 3 is 2.06 bits per heavy atom. The fourth-order valence-corrected chi connectivity index (χ4v) is 32.3. The molecule has 1 aromatic rings. The Balaban J connectivity index is 1.93. The number of nitriles is 1. The first-order valence-corrected chi connectivity index (χ1v) is 14.1. The first kappa shape index (κ1) is 11.1. The summed E-state index contributed by atoms with van der Waals surface area (Å²) in [5.41, 5.74) is 2.33. The molecule has 0 amide bonds. The van der Waals surface area contributed by atoms with E-state index in [0.29, 0.717) is 4.28 Å². The molecule has 3 aliphatic rings. The molecule has 1 aromatic carbocycles. The van der Waals surface area contributed by atoms with E-state index in [4.69, 9.17) is 5.26 Å². The molecule has 7 heteroatoms. The molecule has 0 spiro atoms. The number of rotatable bonds is 1. The lowest BCUT2D eigenvalue weighted by Crippen LogP contribution is -2.64. The molecule has 16 heavy (non-hydrogen) atoms. The highest BCUT2D eigenvalue weighted by atomic mass is 29.3. The largest absolute Gasteiger partial charge is 0.192 e. The van der Waals surface area contributed by atoms with E-state index in [1.54, 1.807) is 0 Å². The molecule has 0 aliphatic carbocycles. The summed E-state index contributed by atoms with van der Waals surface area (Å²) in [5.74, 6) is 0. The van der Waals surface area contributed by atoms with Crippen LogP contribution in [0.4, 0.5) is 0 Å². The molecular formula is C9H5NSi6. The standard InChI is InChI=1S/C9H5NSi6/c10-5-6-1-3-7(4-2-6)9-14-11-8(12-15-9)13-16-9/h1-4,8H. The third kappa shape index (κ3) is 1.83. The van der Waals surface area contributed by atoms with Crippen LogP contribution < -0.4 is 0 Å². The van der Waals surface area contributed by atoms with Crippen molar-refractivity contribution in [1.29, 1.82) is 5.26 Å². The molecule has 3 heterocycles. The van der Waals surface area contributed by atoms with Gasteiger partial charge >= 0.3 is 0 Å². The van der Waals surface area contributed by atoms with Gasteiger partial charge in [0.05, 0.1) is 11.6 Å². The maximum absolute atomic E-state index is 8.83. The fourth-order valence-electron chi connectivity index (χ4n) is 1.75. The topological polar surface area (TPSA) is 23.8 Å². The van der Waals surface area contributed by atoms with Crippen molar-refractivity contribution in [2.24, 2.45) is 0 Å². The average molecular weight is 296 g/mol. The maximum atomic E-state index is 8.83. The maximum Gasteiger partial charge on any atom is 0.0991 e. The van der Waals surface area contributed by atoms with Crippen LogP contribution in [0, 0.1) is 11.3 Å². The first-order valence-electron chi connectivity index (χ1n) is 4.91. The molecule has 70 valence electrons. The van der Waals surface area contributed by atoms with E-state index in [1.165, 1.54) is 59.8 Å². The van der Waals surface area contributed by atoms with Crippen molar-refractivity contribution in [1.82, 2.24) is 0 Å². The molecule has 3 aliphatic heterocycles. The zero-order valence-corrected chi connectivity index (χ0v) is 14.3. The molecular weight excluding hydrogens is 291 g/mol. The van der Waals surface area contributed by atoms with E-state index in [2.05, 4.69) is 18.2 Å².